The Morgan fingerprint density at radius 1 is 0.367 bits per heavy atom. The highest BCUT2D eigenvalue weighted by atomic mass is 16.5. The van der Waals surface area contributed by atoms with E-state index < -0.39 is 0 Å². The molecule has 6 aromatic heterocycles. The van der Waals surface area contributed by atoms with Crippen molar-refractivity contribution in [2.75, 3.05) is 4.90 Å². The first-order chi connectivity index (χ1) is 29.7. The van der Waals surface area contributed by atoms with E-state index in [-0.39, 0.29) is 0 Å². The van der Waals surface area contributed by atoms with Crippen LogP contribution in [0.15, 0.2) is 189 Å². The Labute approximate surface area is 344 Å². The number of para-hydroxylation sites is 4. The van der Waals surface area contributed by atoms with Crippen LogP contribution in [0.3, 0.4) is 0 Å². The highest BCUT2D eigenvalue weighted by Gasteiger charge is 2.27. The molecule has 0 unspecified atom stereocenters. The van der Waals surface area contributed by atoms with E-state index in [0.29, 0.717) is 34.4 Å². The minimum absolute atomic E-state index is 0.533. The van der Waals surface area contributed by atoms with Gasteiger partial charge in [-0.1, -0.05) is 48.5 Å². The highest BCUT2D eigenvalue weighted by Crippen LogP contribution is 2.52. The van der Waals surface area contributed by atoms with Crippen LogP contribution in [-0.2, 0) is 0 Å². The molecule has 282 valence electrons. The summed E-state index contributed by atoms with van der Waals surface area (Å²) in [5.74, 6) is 2.59. The van der Waals surface area contributed by atoms with Gasteiger partial charge < -0.3 is 9.64 Å². The van der Waals surface area contributed by atoms with Gasteiger partial charge in [-0.15, -0.1) is 0 Å². The molecule has 0 amide bonds. The van der Waals surface area contributed by atoms with Crippen LogP contribution in [-0.4, -0.2) is 39.9 Å². The van der Waals surface area contributed by atoms with Crippen molar-refractivity contribution in [2.24, 2.45) is 0 Å². The first-order valence-electron chi connectivity index (χ1n) is 19.4. The Morgan fingerprint density at radius 3 is 1.50 bits per heavy atom. The number of anilines is 3. The van der Waals surface area contributed by atoms with E-state index in [4.69, 9.17) is 24.7 Å². The molecule has 11 rings (SSSR count). The summed E-state index contributed by atoms with van der Waals surface area (Å²) >= 11 is 0. The van der Waals surface area contributed by atoms with Crippen LogP contribution < -0.4 is 9.64 Å². The lowest BCUT2D eigenvalue weighted by molar-refractivity contribution is 0.477. The summed E-state index contributed by atoms with van der Waals surface area (Å²) in [5, 5.41) is 1.95. The number of hydrogen-bond acceptors (Lipinski definition) is 10. The molecule has 0 fully saturated rings. The number of aromatic nitrogens is 8. The van der Waals surface area contributed by atoms with E-state index in [1.807, 2.05) is 109 Å². The second-order valence-electron chi connectivity index (χ2n) is 14.1. The number of pyridine rings is 4. The maximum absolute atomic E-state index is 6.45. The van der Waals surface area contributed by atoms with E-state index >= 15 is 0 Å². The van der Waals surface area contributed by atoms with Crippen molar-refractivity contribution in [3.05, 3.63) is 189 Å². The molecule has 4 aromatic carbocycles. The number of fused-ring (bicyclic) bond motifs is 3. The Bertz CT molecular complexity index is 3030. The van der Waals surface area contributed by atoms with Gasteiger partial charge >= 0.3 is 0 Å². The van der Waals surface area contributed by atoms with Gasteiger partial charge in [0.2, 0.25) is 0 Å². The summed E-state index contributed by atoms with van der Waals surface area (Å²) in [7, 11) is 0. The summed E-state index contributed by atoms with van der Waals surface area (Å²) in [4.78, 5) is 40.9. The van der Waals surface area contributed by atoms with Crippen LogP contribution >= 0.6 is 0 Å². The molecule has 1 aliphatic rings. The molecular formula is C50H31N9O. The standard InChI is InChI=1S/C50H31N9O/c1-3-20-47-45(17-1)59(46-18-2-4-21-48(46)60-47)44-19-9-14-35-36(41-29-43(39-16-6-8-25-54-39)58-50(56-41)33-13-11-23-52-31-33)26-34(27-37(35)44)40-28-42(38-15-5-7-24-53-38)57-49(55-40)32-12-10-22-51-30-32/h1-31H. The molecule has 10 nitrogen and oxygen atoms in total. The van der Waals surface area contributed by atoms with Gasteiger partial charge in [-0.2, -0.15) is 0 Å². The smallest absolute Gasteiger partial charge is 0.162 e. The Morgan fingerprint density at radius 2 is 0.917 bits per heavy atom. The molecule has 0 saturated heterocycles. The molecule has 0 bridgehead atoms. The molecule has 0 atom stereocenters. The molecule has 10 aromatic rings. The minimum atomic E-state index is 0.533. The summed E-state index contributed by atoms with van der Waals surface area (Å²) in [6, 6.07) is 50.3. The average Bonchev–Trinajstić information content (AvgIpc) is 3.33. The second-order valence-corrected chi connectivity index (χ2v) is 14.1. The zero-order valence-corrected chi connectivity index (χ0v) is 31.8. The Kier molecular flexibility index (Phi) is 8.55. The Hall–Kier alpha value is -8.50. The zero-order valence-electron chi connectivity index (χ0n) is 31.8. The topological polar surface area (TPSA) is 116 Å². The fraction of sp³-hybridized carbons (Fsp3) is 0. The van der Waals surface area contributed by atoms with Crippen LogP contribution in [0.25, 0.3) is 78.8 Å². The third kappa shape index (κ3) is 6.34. The van der Waals surface area contributed by atoms with E-state index in [2.05, 4.69) is 67.3 Å². The van der Waals surface area contributed by atoms with E-state index in [0.717, 1.165) is 73.0 Å². The monoisotopic (exact) mass is 773 g/mol. The number of ether oxygens (including phenoxy) is 1. The quantitative estimate of drug-likeness (QED) is 0.155. The number of hydrogen-bond donors (Lipinski definition) is 0. The van der Waals surface area contributed by atoms with Gasteiger partial charge in [0.1, 0.15) is 0 Å². The summed E-state index contributed by atoms with van der Waals surface area (Å²) in [5.41, 5.74) is 10.4. The molecule has 60 heavy (non-hydrogen) atoms. The lowest BCUT2D eigenvalue weighted by atomic mass is 9.94. The molecule has 0 saturated carbocycles. The van der Waals surface area contributed by atoms with Gasteiger partial charge in [0.25, 0.3) is 0 Å². The van der Waals surface area contributed by atoms with Gasteiger partial charge in [0, 0.05) is 64.8 Å². The van der Waals surface area contributed by atoms with Crippen LogP contribution in [0.4, 0.5) is 17.1 Å². The first-order valence-corrected chi connectivity index (χ1v) is 19.4. The summed E-state index contributed by atoms with van der Waals surface area (Å²) < 4.78 is 6.45. The molecule has 0 spiro atoms. The van der Waals surface area contributed by atoms with Crippen molar-refractivity contribution in [1.29, 1.82) is 0 Å². The van der Waals surface area contributed by atoms with Crippen molar-refractivity contribution in [1.82, 2.24) is 39.9 Å². The number of benzene rings is 4. The Balaban J connectivity index is 1.22. The lowest BCUT2D eigenvalue weighted by Crippen LogP contribution is -2.16. The molecule has 0 radical (unpaired) electrons. The van der Waals surface area contributed by atoms with Gasteiger partial charge in [0.05, 0.1) is 51.2 Å². The molecule has 0 N–H and O–H groups in total. The second kappa shape index (κ2) is 14.8. The third-order valence-corrected chi connectivity index (χ3v) is 10.4. The fourth-order valence-corrected chi connectivity index (χ4v) is 7.61. The van der Waals surface area contributed by atoms with Gasteiger partial charge in [0.15, 0.2) is 23.1 Å². The SMILES string of the molecule is c1ccc(-c2cc(-c3cc(-c4cc(-c5ccccn5)nc(-c5cccnc5)n4)c4cccc(N5c6ccccc6Oc6ccccc65)c4c3)nc(-c3cccnc3)n2)nc1. The maximum atomic E-state index is 6.45. The molecular weight excluding hydrogens is 743 g/mol. The predicted molar refractivity (Wildman–Crippen MR) is 234 cm³/mol. The first kappa shape index (κ1) is 34.7. The minimum Gasteiger partial charge on any atom is -0.453 e. The van der Waals surface area contributed by atoms with Crippen LogP contribution in [0, 0.1) is 0 Å². The van der Waals surface area contributed by atoms with Crippen molar-refractivity contribution < 1.29 is 4.74 Å². The highest BCUT2D eigenvalue weighted by molar-refractivity contribution is 6.08. The van der Waals surface area contributed by atoms with Gasteiger partial charge in [-0.05, 0) is 109 Å². The van der Waals surface area contributed by atoms with Crippen molar-refractivity contribution in [2.45, 2.75) is 0 Å². The van der Waals surface area contributed by atoms with Crippen molar-refractivity contribution >= 4 is 27.8 Å². The molecule has 10 heteroatoms. The van der Waals surface area contributed by atoms with E-state index in [1.165, 1.54) is 0 Å². The van der Waals surface area contributed by atoms with Crippen LogP contribution in [0.5, 0.6) is 11.5 Å². The maximum Gasteiger partial charge on any atom is 0.162 e. The lowest BCUT2D eigenvalue weighted by Gasteiger charge is -2.33. The summed E-state index contributed by atoms with van der Waals surface area (Å²) in [6.07, 6.45) is 10.6. The van der Waals surface area contributed by atoms with E-state index in [1.54, 1.807) is 37.2 Å². The largest absolute Gasteiger partial charge is 0.453 e. The predicted octanol–water partition coefficient (Wildman–Crippen LogP) is 11.6. The third-order valence-electron chi connectivity index (χ3n) is 10.4. The normalized spacial score (nSPS) is 11.8. The number of nitrogens with zero attached hydrogens (tertiary/aromatic N) is 9. The van der Waals surface area contributed by atoms with E-state index in [9.17, 15) is 0 Å². The average molecular weight is 774 g/mol. The molecule has 1 aliphatic heterocycles. The van der Waals surface area contributed by atoms with Gasteiger partial charge in [-0.3, -0.25) is 19.9 Å². The fourth-order valence-electron chi connectivity index (χ4n) is 7.61. The zero-order chi connectivity index (χ0) is 39.8. The van der Waals surface area contributed by atoms with Crippen LogP contribution in [0.1, 0.15) is 0 Å². The molecule has 7 heterocycles. The van der Waals surface area contributed by atoms with Crippen molar-refractivity contribution in [3.63, 3.8) is 0 Å². The van der Waals surface area contributed by atoms with Crippen molar-refractivity contribution in [3.8, 4) is 79.6 Å². The van der Waals surface area contributed by atoms with Gasteiger partial charge in [-0.25, -0.2) is 19.9 Å². The molecule has 0 aliphatic carbocycles. The van der Waals surface area contributed by atoms with Crippen LogP contribution in [0.2, 0.25) is 0 Å². The number of rotatable bonds is 7. The summed E-state index contributed by atoms with van der Waals surface area (Å²) in [6.45, 7) is 0.